The summed E-state index contributed by atoms with van der Waals surface area (Å²) in [6.45, 7) is 8.34. The SMILES string of the molecule is C=C(C)C(=O)OC1COC(=O)C1C(=O)OC(C)CC. The third-order valence-electron chi connectivity index (χ3n) is 2.77. The molecule has 0 amide bonds. The molecule has 3 atom stereocenters. The van der Waals surface area contributed by atoms with Crippen LogP contribution in [-0.4, -0.2) is 36.7 Å². The number of hydrogen-bond donors (Lipinski definition) is 0. The van der Waals surface area contributed by atoms with E-state index in [1.54, 1.807) is 6.92 Å². The van der Waals surface area contributed by atoms with E-state index in [2.05, 4.69) is 6.58 Å². The summed E-state index contributed by atoms with van der Waals surface area (Å²) >= 11 is 0. The topological polar surface area (TPSA) is 78.9 Å². The van der Waals surface area contributed by atoms with Crippen LogP contribution in [0.15, 0.2) is 12.2 Å². The van der Waals surface area contributed by atoms with Gasteiger partial charge in [0.1, 0.15) is 6.61 Å². The van der Waals surface area contributed by atoms with E-state index >= 15 is 0 Å². The molecule has 1 saturated heterocycles. The van der Waals surface area contributed by atoms with Gasteiger partial charge in [0.15, 0.2) is 12.0 Å². The van der Waals surface area contributed by atoms with Crippen molar-refractivity contribution in [2.45, 2.75) is 39.4 Å². The molecule has 1 aliphatic rings. The Morgan fingerprint density at radius 3 is 2.68 bits per heavy atom. The number of carbonyl (C=O) groups excluding carboxylic acids is 3. The van der Waals surface area contributed by atoms with E-state index in [4.69, 9.17) is 14.2 Å². The normalized spacial score (nSPS) is 23.4. The Morgan fingerprint density at radius 2 is 2.16 bits per heavy atom. The van der Waals surface area contributed by atoms with Gasteiger partial charge in [-0.15, -0.1) is 0 Å². The standard InChI is InChI=1S/C13H18O6/c1-5-8(4)18-13(16)10-9(6-17-12(10)15)19-11(14)7(2)3/h8-10H,2,5-6H2,1,3-4H3. The summed E-state index contributed by atoms with van der Waals surface area (Å²) in [4.78, 5) is 34.8. The average Bonchev–Trinajstić information content (AvgIpc) is 2.70. The predicted molar refractivity (Wildman–Crippen MR) is 65.0 cm³/mol. The highest BCUT2D eigenvalue weighted by molar-refractivity contribution is 5.97. The molecule has 0 bridgehead atoms. The maximum Gasteiger partial charge on any atom is 0.333 e. The number of rotatable bonds is 5. The molecule has 1 heterocycles. The minimum atomic E-state index is -1.21. The Morgan fingerprint density at radius 1 is 1.53 bits per heavy atom. The van der Waals surface area contributed by atoms with Gasteiger partial charge in [-0.1, -0.05) is 13.5 Å². The van der Waals surface area contributed by atoms with Crippen LogP contribution in [0.4, 0.5) is 0 Å². The van der Waals surface area contributed by atoms with E-state index in [0.717, 1.165) is 0 Å². The summed E-state index contributed by atoms with van der Waals surface area (Å²) in [7, 11) is 0. The fourth-order valence-corrected chi connectivity index (χ4v) is 1.45. The molecule has 0 N–H and O–H groups in total. The summed E-state index contributed by atoms with van der Waals surface area (Å²) in [5, 5.41) is 0. The van der Waals surface area contributed by atoms with Crippen molar-refractivity contribution in [2.24, 2.45) is 5.92 Å². The van der Waals surface area contributed by atoms with Gasteiger partial charge in [-0.05, 0) is 20.3 Å². The van der Waals surface area contributed by atoms with Crippen molar-refractivity contribution in [1.29, 1.82) is 0 Å². The van der Waals surface area contributed by atoms with Gasteiger partial charge < -0.3 is 14.2 Å². The molecule has 0 spiro atoms. The zero-order chi connectivity index (χ0) is 14.6. The van der Waals surface area contributed by atoms with Crippen molar-refractivity contribution in [3.05, 3.63) is 12.2 Å². The third kappa shape index (κ3) is 3.81. The van der Waals surface area contributed by atoms with Gasteiger partial charge in [0.2, 0.25) is 0 Å². The first-order chi connectivity index (χ1) is 8.86. The molecule has 1 fully saturated rings. The van der Waals surface area contributed by atoms with Crippen LogP contribution in [0, 0.1) is 5.92 Å². The van der Waals surface area contributed by atoms with E-state index in [-0.39, 0.29) is 18.3 Å². The molecule has 1 aliphatic heterocycles. The molecule has 19 heavy (non-hydrogen) atoms. The summed E-state index contributed by atoms with van der Waals surface area (Å²) in [6, 6.07) is 0. The first-order valence-electron chi connectivity index (χ1n) is 6.10. The van der Waals surface area contributed by atoms with Crippen molar-refractivity contribution < 1.29 is 28.6 Å². The maximum absolute atomic E-state index is 11.9. The Balaban J connectivity index is 2.71. The molecule has 0 radical (unpaired) electrons. The average molecular weight is 270 g/mol. The summed E-state index contributed by atoms with van der Waals surface area (Å²) < 4.78 is 14.8. The highest BCUT2D eigenvalue weighted by Gasteiger charge is 2.46. The van der Waals surface area contributed by atoms with E-state index in [1.165, 1.54) is 6.92 Å². The van der Waals surface area contributed by atoms with Crippen LogP contribution in [-0.2, 0) is 28.6 Å². The van der Waals surface area contributed by atoms with Gasteiger partial charge in [0, 0.05) is 5.57 Å². The molecule has 3 unspecified atom stereocenters. The minimum Gasteiger partial charge on any atom is -0.462 e. The molecular weight excluding hydrogens is 252 g/mol. The molecule has 0 aromatic rings. The monoisotopic (exact) mass is 270 g/mol. The number of esters is 3. The first kappa shape index (κ1) is 15.2. The lowest BCUT2D eigenvalue weighted by Gasteiger charge is -2.17. The van der Waals surface area contributed by atoms with Crippen molar-refractivity contribution in [2.75, 3.05) is 6.61 Å². The second-order valence-corrected chi connectivity index (χ2v) is 4.49. The fraction of sp³-hybridized carbons (Fsp3) is 0.615. The molecule has 6 heteroatoms. The smallest absolute Gasteiger partial charge is 0.333 e. The predicted octanol–water partition coefficient (Wildman–Crippen LogP) is 0.989. The summed E-state index contributed by atoms with van der Waals surface area (Å²) in [5.41, 5.74) is 0.188. The van der Waals surface area contributed by atoms with E-state index in [1.807, 2.05) is 6.92 Å². The zero-order valence-corrected chi connectivity index (χ0v) is 11.3. The zero-order valence-electron chi connectivity index (χ0n) is 11.3. The Labute approximate surface area is 111 Å². The highest BCUT2D eigenvalue weighted by Crippen LogP contribution is 2.22. The van der Waals surface area contributed by atoms with Crippen molar-refractivity contribution >= 4 is 17.9 Å². The van der Waals surface area contributed by atoms with Gasteiger partial charge in [0.25, 0.3) is 0 Å². The molecule has 0 saturated carbocycles. The Hall–Kier alpha value is -1.85. The lowest BCUT2D eigenvalue weighted by Crippen LogP contribution is -2.36. The van der Waals surface area contributed by atoms with Crippen LogP contribution in [0.5, 0.6) is 0 Å². The fourth-order valence-electron chi connectivity index (χ4n) is 1.45. The highest BCUT2D eigenvalue weighted by atomic mass is 16.6. The van der Waals surface area contributed by atoms with Gasteiger partial charge in [0.05, 0.1) is 6.10 Å². The van der Waals surface area contributed by atoms with Crippen LogP contribution < -0.4 is 0 Å². The second kappa shape index (κ2) is 6.36. The summed E-state index contributed by atoms with van der Waals surface area (Å²) in [6.07, 6.45) is -0.629. The lowest BCUT2D eigenvalue weighted by atomic mass is 10.1. The quantitative estimate of drug-likeness (QED) is 0.321. The third-order valence-corrected chi connectivity index (χ3v) is 2.77. The molecule has 6 nitrogen and oxygen atoms in total. The van der Waals surface area contributed by atoms with Gasteiger partial charge in [-0.3, -0.25) is 9.59 Å². The Bertz CT molecular complexity index is 400. The molecule has 0 aromatic carbocycles. The van der Waals surface area contributed by atoms with Crippen molar-refractivity contribution in [3.8, 4) is 0 Å². The van der Waals surface area contributed by atoms with E-state index in [0.29, 0.717) is 6.42 Å². The van der Waals surface area contributed by atoms with Gasteiger partial charge in [-0.2, -0.15) is 0 Å². The maximum atomic E-state index is 11.9. The number of cyclic esters (lactones) is 1. The Kier molecular flexibility index (Phi) is 5.09. The van der Waals surface area contributed by atoms with Crippen molar-refractivity contribution in [1.82, 2.24) is 0 Å². The van der Waals surface area contributed by atoms with Crippen LogP contribution in [0.25, 0.3) is 0 Å². The molecule has 1 rings (SSSR count). The van der Waals surface area contributed by atoms with E-state index in [9.17, 15) is 14.4 Å². The van der Waals surface area contributed by atoms with Crippen LogP contribution in [0.3, 0.4) is 0 Å². The lowest BCUT2D eigenvalue weighted by molar-refractivity contribution is -0.163. The van der Waals surface area contributed by atoms with Crippen LogP contribution in [0.2, 0.25) is 0 Å². The van der Waals surface area contributed by atoms with Crippen molar-refractivity contribution in [3.63, 3.8) is 0 Å². The second-order valence-electron chi connectivity index (χ2n) is 4.49. The number of hydrogen-bond acceptors (Lipinski definition) is 6. The van der Waals surface area contributed by atoms with Crippen LogP contribution in [0.1, 0.15) is 27.2 Å². The molecular formula is C13H18O6. The first-order valence-corrected chi connectivity index (χ1v) is 6.10. The van der Waals surface area contributed by atoms with Crippen LogP contribution >= 0.6 is 0 Å². The number of ether oxygens (including phenoxy) is 3. The number of carbonyl (C=O) groups is 3. The minimum absolute atomic E-state index is 0.141. The van der Waals surface area contributed by atoms with Gasteiger partial charge >= 0.3 is 17.9 Å². The molecule has 0 aromatic heterocycles. The van der Waals surface area contributed by atoms with Gasteiger partial charge in [-0.25, -0.2) is 4.79 Å². The summed E-state index contributed by atoms with van der Waals surface area (Å²) in [5.74, 6) is -3.33. The van der Waals surface area contributed by atoms with E-state index < -0.39 is 29.9 Å². The molecule has 0 aliphatic carbocycles. The molecule has 106 valence electrons. The largest absolute Gasteiger partial charge is 0.462 e.